The van der Waals surface area contributed by atoms with Crippen molar-refractivity contribution >= 4 is 0 Å². The van der Waals surface area contributed by atoms with Crippen LogP contribution in [0, 0.1) is 0 Å². The third kappa shape index (κ3) is 2.20. The first-order valence-electron chi connectivity index (χ1n) is 5.93. The van der Waals surface area contributed by atoms with Crippen molar-refractivity contribution in [2.45, 2.75) is 38.3 Å². The Hall–Kier alpha value is -1.06. The molecule has 88 valence electrons. The quantitative estimate of drug-likeness (QED) is 0.726. The van der Waals surface area contributed by atoms with Crippen molar-refractivity contribution in [2.75, 3.05) is 6.61 Å². The van der Waals surface area contributed by atoms with Gasteiger partial charge in [0.05, 0.1) is 6.61 Å². The molecule has 0 aliphatic heterocycles. The second-order valence-corrected chi connectivity index (χ2v) is 4.43. The topological polar surface area (TPSA) is 52.5 Å². The number of phenolic OH excluding ortho intramolecular Hbond substituents is 1. The number of hydrogen-bond donors (Lipinski definition) is 3. The Bertz CT molecular complexity index is 361. The van der Waals surface area contributed by atoms with E-state index in [0.717, 1.165) is 19.3 Å². The highest BCUT2D eigenvalue weighted by molar-refractivity contribution is 5.40. The predicted octanol–water partition coefficient (Wildman–Crippen LogP) is 1.74. The van der Waals surface area contributed by atoms with Gasteiger partial charge in [-0.15, -0.1) is 0 Å². The summed E-state index contributed by atoms with van der Waals surface area (Å²) in [7, 11) is 0. The molecule has 0 amide bonds. The second-order valence-electron chi connectivity index (χ2n) is 4.43. The summed E-state index contributed by atoms with van der Waals surface area (Å²) in [5.41, 5.74) is 2.50. The molecule has 3 N–H and O–H groups in total. The third-order valence-electron chi connectivity index (χ3n) is 3.35. The maximum atomic E-state index is 9.40. The van der Waals surface area contributed by atoms with Crippen molar-refractivity contribution in [2.24, 2.45) is 0 Å². The van der Waals surface area contributed by atoms with E-state index in [0.29, 0.717) is 11.8 Å². The second kappa shape index (κ2) is 4.85. The van der Waals surface area contributed by atoms with Crippen molar-refractivity contribution in [1.82, 2.24) is 5.32 Å². The minimum Gasteiger partial charge on any atom is -0.508 e. The van der Waals surface area contributed by atoms with Gasteiger partial charge in [-0.3, -0.25) is 0 Å². The van der Waals surface area contributed by atoms with Crippen LogP contribution in [-0.2, 0) is 6.42 Å². The van der Waals surface area contributed by atoms with E-state index in [1.165, 1.54) is 11.1 Å². The standard InChI is InChI=1S/C13H19NO2/c1-2-10(8-15)14-13-6-3-9-7-11(16)4-5-12(9)13/h4-5,7,10,13-16H,2-3,6,8H2,1H3. The minimum atomic E-state index is 0.171. The lowest BCUT2D eigenvalue weighted by atomic mass is 10.1. The van der Waals surface area contributed by atoms with Crippen LogP contribution in [0.15, 0.2) is 18.2 Å². The van der Waals surface area contributed by atoms with E-state index in [1.807, 2.05) is 12.1 Å². The monoisotopic (exact) mass is 221 g/mol. The van der Waals surface area contributed by atoms with Crippen LogP contribution in [-0.4, -0.2) is 22.9 Å². The largest absolute Gasteiger partial charge is 0.508 e. The van der Waals surface area contributed by atoms with E-state index >= 15 is 0 Å². The number of aliphatic hydroxyl groups excluding tert-OH is 1. The average Bonchev–Trinajstić information content (AvgIpc) is 2.68. The maximum absolute atomic E-state index is 9.40. The number of aromatic hydroxyl groups is 1. The maximum Gasteiger partial charge on any atom is 0.115 e. The molecule has 0 saturated carbocycles. The van der Waals surface area contributed by atoms with Gasteiger partial charge >= 0.3 is 0 Å². The highest BCUT2D eigenvalue weighted by Crippen LogP contribution is 2.33. The molecule has 1 aliphatic carbocycles. The molecular weight excluding hydrogens is 202 g/mol. The van der Waals surface area contributed by atoms with Crippen molar-refractivity contribution in [3.8, 4) is 5.75 Å². The summed E-state index contributed by atoms with van der Waals surface area (Å²) in [6.07, 6.45) is 2.99. The summed E-state index contributed by atoms with van der Waals surface area (Å²) < 4.78 is 0. The smallest absolute Gasteiger partial charge is 0.115 e. The fraction of sp³-hybridized carbons (Fsp3) is 0.538. The zero-order chi connectivity index (χ0) is 11.5. The van der Waals surface area contributed by atoms with Crippen LogP contribution in [0.4, 0.5) is 0 Å². The first-order valence-corrected chi connectivity index (χ1v) is 5.93. The van der Waals surface area contributed by atoms with Gasteiger partial charge in [0.25, 0.3) is 0 Å². The molecule has 0 heterocycles. The fourth-order valence-corrected chi connectivity index (χ4v) is 2.36. The molecule has 1 aliphatic rings. The number of fused-ring (bicyclic) bond motifs is 1. The van der Waals surface area contributed by atoms with Gasteiger partial charge in [0.1, 0.15) is 5.75 Å². The molecule has 3 heteroatoms. The van der Waals surface area contributed by atoms with Crippen molar-refractivity contribution in [1.29, 1.82) is 0 Å². The summed E-state index contributed by atoms with van der Waals surface area (Å²) in [6.45, 7) is 2.25. The molecule has 2 unspecified atom stereocenters. The minimum absolute atomic E-state index is 0.171. The van der Waals surface area contributed by atoms with Crippen LogP contribution in [0.1, 0.15) is 36.9 Å². The van der Waals surface area contributed by atoms with Crippen molar-refractivity contribution < 1.29 is 10.2 Å². The van der Waals surface area contributed by atoms with E-state index in [4.69, 9.17) is 0 Å². The van der Waals surface area contributed by atoms with Gasteiger partial charge in [-0.1, -0.05) is 13.0 Å². The third-order valence-corrected chi connectivity index (χ3v) is 3.35. The molecule has 1 aromatic rings. The summed E-state index contributed by atoms with van der Waals surface area (Å²) in [6, 6.07) is 6.06. The number of aryl methyl sites for hydroxylation is 1. The fourth-order valence-electron chi connectivity index (χ4n) is 2.36. The van der Waals surface area contributed by atoms with Gasteiger partial charge in [0.2, 0.25) is 0 Å². The molecule has 0 radical (unpaired) electrons. The molecule has 1 aromatic carbocycles. The van der Waals surface area contributed by atoms with Gasteiger partial charge in [0.15, 0.2) is 0 Å². The molecule has 0 aromatic heterocycles. The molecule has 0 bridgehead atoms. The highest BCUT2D eigenvalue weighted by Gasteiger charge is 2.24. The highest BCUT2D eigenvalue weighted by atomic mass is 16.3. The number of benzene rings is 1. The first-order chi connectivity index (χ1) is 7.74. The molecule has 0 fully saturated rings. The molecule has 2 atom stereocenters. The molecule has 16 heavy (non-hydrogen) atoms. The Morgan fingerprint density at radius 1 is 1.50 bits per heavy atom. The zero-order valence-electron chi connectivity index (χ0n) is 9.61. The summed E-state index contributed by atoms with van der Waals surface area (Å²) >= 11 is 0. The Balaban J connectivity index is 2.11. The summed E-state index contributed by atoms with van der Waals surface area (Å²) in [5, 5.41) is 22.0. The Labute approximate surface area is 96.1 Å². The van der Waals surface area contributed by atoms with Crippen molar-refractivity contribution in [3.05, 3.63) is 29.3 Å². The van der Waals surface area contributed by atoms with Crippen LogP contribution in [0.25, 0.3) is 0 Å². The van der Waals surface area contributed by atoms with Gasteiger partial charge in [0, 0.05) is 12.1 Å². The van der Waals surface area contributed by atoms with E-state index < -0.39 is 0 Å². The molecule has 0 saturated heterocycles. The summed E-state index contributed by atoms with van der Waals surface area (Å²) in [4.78, 5) is 0. The normalized spacial score (nSPS) is 20.8. The van der Waals surface area contributed by atoms with Crippen molar-refractivity contribution in [3.63, 3.8) is 0 Å². The van der Waals surface area contributed by atoms with Crippen LogP contribution in [0.5, 0.6) is 5.75 Å². The number of phenols is 1. The number of rotatable bonds is 4. The van der Waals surface area contributed by atoms with Crippen LogP contribution in [0.3, 0.4) is 0 Å². The van der Waals surface area contributed by atoms with E-state index in [-0.39, 0.29) is 12.6 Å². The Morgan fingerprint density at radius 3 is 3.00 bits per heavy atom. The van der Waals surface area contributed by atoms with E-state index in [9.17, 15) is 10.2 Å². The summed E-state index contributed by atoms with van der Waals surface area (Å²) in [5.74, 6) is 0.341. The predicted molar refractivity (Wildman–Crippen MR) is 63.5 cm³/mol. The Morgan fingerprint density at radius 2 is 2.31 bits per heavy atom. The molecular formula is C13H19NO2. The molecule has 3 nitrogen and oxygen atoms in total. The van der Waals surface area contributed by atoms with Crippen LogP contribution < -0.4 is 5.32 Å². The number of nitrogens with one attached hydrogen (secondary N) is 1. The molecule has 2 rings (SSSR count). The van der Waals surface area contributed by atoms with Crippen LogP contribution in [0.2, 0.25) is 0 Å². The van der Waals surface area contributed by atoms with Gasteiger partial charge in [-0.2, -0.15) is 0 Å². The number of aliphatic hydroxyl groups is 1. The van der Waals surface area contributed by atoms with E-state index in [2.05, 4.69) is 12.2 Å². The lowest BCUT2D eigenvalue weighted by Crippen LogP contribution is -2.34. The first kappa shape index (κ1) is 11.4. The lowest BCUT2D eigenvalue weighted by molar-refractivity contribution is 0.227. The molecule has 0 spiro atoms. The van der Waals surface area contributed by atoms with E-state index in [1.54, 1.807) is 6.07 Å². The van der Waals surface area contributed by atoms with Gasteiger partial charge in [-0.25, -0.2) is 0 Å². The average molecular weight is 221 g/mol. The SMILES string of the molecule is CCC(CO)NC1CCc2cc(O)ccc21. The van der Waals surface area contributed by atoms with Gasteiger partial charge < -0.3 is 15.5 Å². The lowest BCUT2D eigenvalue weighted by Gasteiger charge is -2.20. The Kier molecular flexibility index (Phi) is 3.46. The van der Waals surface area contributed by atoms with Crippen LogP contribution >= 0.6 is 0 Å². The van der Waals surface area contributed by atoms with Gasteiger partial charge in [-0.05, 0) is 42.5 Å². The number of hydrogen-bond acceptors (Lipinski definition) is 3. The zero-order valence-corrected chi connectivity index (χ0v) is 9.61.